The number of amidine groups is 1. The Morgan fingerprint density at radius 1 is 1.47 bits per heavy atom. The lowest BCUT2D eigenvalue weighted by Crippen LogP contribution is -2.46. The second-order valence-electron chi connectivity index (χ2n) is 5.31. The Bertz CT molecular complexity index is 258. The number of hydrogen-bond donors (Lipinski definition) is 2. The second-order valence-corrected chi connectivity index (χ2v) is 5.31. The zero-order valence-electron chi connectivity index (χ0n) is 11.1. The average Bonchev–Trinajstić information content (AvgIpc) is 2.30. The third kappa shape index (κ3) is 4.16. The molecular weight excluding hydrogens is 218 g/mol. The largest absolute Gasteiger partial charge is 0.409 e. The molecule has 0 unspecified atom stereocenters. The molecule has 0 saturated carbocycles. The van der Waals surface area contributed by atoms with Gasteiger partial charge in [-0.25, -0.2) is 0 Å². The van der Waals surface area contributed by atoms with Crippen molar-refractivity contribution in [3.05, 3.63) is 0 Å². The molecule has 0 aliphatic carbocycles. The number of likely N-dealkylation sites (tertiary alicyclic amines) is 1. The smallest absolute Gasteiger partial charge is 0.145 e. The van der Waals surface area contributed by atoms with E-state index in [4.69, 9.17) is 15.7 Å². The zero-order valence-corrected chi connectivity index (χ0v) is 11.1. The lowest BCUT2D eigenvalue weighted by atomic mass is 9.79. The van der Waals surface area contributed by atoms with Crippen molar-refractivity contribution in [3.8, 4) is 0 Å². The normalized spacial score (nSPS) is 22.0. The molecule has 0 bridgehead atoms. The van der Waals surface area contributed by atoms with Crippen LogP contribution in [0.1, 0.15) is 33.6 Å². The Balaban J connectivity index is 2.31. The number of ether oxygens (including phenoxy) is 1. The average molecular weight is 243 g/mol. The summed E-state index contributed by atoms with van der Waals surface area (Å²) >= 11 is 0. The van der Waals surface area contributed by atoms with Crippen LogP contribution in [-0.2, 0) is 4.74 Å². The molecule has 0 aromatic rings. The first kappa shape index (κ1) is 14.3. The van der Waals surface area contributed by atoms with Gasteiger partial charge < -0.3 is 20.6 Å². The minimum atomic E-state index is -0.149. The summed E-state index contributed by atoms with van der Waals surface area (Å²) in [6.07, 6.45) is 2.16. The van der Waals surface area contributed by atoms with Crippen molar-refractivity contribution in [2.75, 3.05) is 26.2 Å². The Morgan fingerprint density at radius 3 is 2.53 bits per heavy atom. The van der Waals surface area contributed by atoms with Crippen molar-refractivity contribution in [2.45, 2.75) is 39.7 Å². The molecule has 0 aromatic heterocycles. The summed E-state index contributed by atoms with van der Waals surface area (Å²) < 4.78 is 5.54. The molecule has 5 heteroatoms. The summed E-state index contributed by atoms with van der Waals surface area (Å²) in [7, 11) is 0. The molecule has 5 nitrogen and oxygen atoms in total. The summed E-state index contributed by atoms with van der Waals surface area (Å²) in [5, 5.41) is 11.9. The number of rotatable bonds is 5. The fraction of sp³-hybridized carbons (Fsp3) is 0.917. The highest BCUT2D eigenvalue weighted by atomic mass is 16.5. The summed E-state index contributed by atoms with van der Waals surface area (Å²) in [6.45, 7) is 9.85. The first-order valence-electron chi connectivity index (χ1n) is 6.30. The number of piperidine rings is 1. The quantitative estimate of drug-likeness (QED) is 0.330. The molecule has 1 rings (SSSR count). The highest BCUT2D eigenvalue weighted by Gasteiger charge is 2.33. The van der Waals surface area contributed by atoms with Crippen molar-refractivity contribution in [3.63, 3.8) is 0 Å². The molecule has 0 radical (unpaired) electrons. The van der Waals surface area contributed by atoms with Crippen LogP contribution in [-0.4, -0.2) is 48.3 Å². The van der Waals surface area contributed by atoms with E-state index in [0.29, 0.717) is 11.9 Å². The van der Waals surface area contributed by atoms with Crippen LogP contribution in [0.5, 0.6) is 0 Å². The van der Waals surface area contributed by atoms with Crippen molar-refractivity contribution in [1.29, 1.82) is 0 Å². The monoisotopic (exact) mass is 243 g/mol. The summed E-state index contributed by atoms with van der Waals surface area (Å²) in [6, 6.07) is 0. The van der Waals surface area contributed by atoms with E-state index >= 15 is 0 Å². The van der Waals surface area contributed by atoms with Gasteiger partial charge in [-0.3, -0.25) is 0 Å². The predicted octanol–water partition coefficient (Wildman–Crippen LogP) is 1.26. The van der Waals surface area contributed by atoms with Crippen LogP contribution in [0.2, 0.25) is 0 Å². The van der Waals surface area contributed by atoms with Gasteiger partial charge in [0.1, 0.15) is 5.84 Å². The van der Waals surface area contributed by atoms with Crippen LogP contribution in [0.3, 0.4) is 0 Å². The van der Waals surface area contributed by atoms with Gasteiger partial charge in [0, 0.05) is 12.0 Å². The third-order valence-electron chi connectivity index (χ3n) is 3.54. The summed E-state index contributed by atoms with van der Waals surface area (Å²) in [4.78, 5) is 2.37. The molecule has 17 heavy (non-hydrogen) atoms. The number of hydrogen-bond acceptors (Lipinski definition) is 4. The predicted molar refractivity (Wildman–Crippen MR) is 68.3 cm³/mol. The maximum absolute atomic E-state index is 8.75. The maximum Gasteiger partial charge on any atom is 0.145 e. The Hall–Kier alpha value is -0.810. The van der Waals surface area contributed by atoms with Crippen molar-refractivity contribution < 1.29 is 9.94 Å². The van der Waals surface area contributed by atoms with E-state index in [2.05, 4.69) is 17.0 Å². The van der Waals surface area contributed by atoms with Gasteiger partial charge in [0.15, 0.2) is 0 Å². The molecule has 0 spiro atoms. The van der Waals surface area contributed by atoms with Crippen LogP contribution in [0.4, 0.5) is 0 Å². The zero-order chi connectivity index (χ0) is 12.9. The third-order valence-corrected chi connectivity index (χ3v) is 3.54. The summed E-state index contributed by atoms with van der Waals surface area (Å²) in [5.41, 5.74) is 5.58. The molecular formula is C12H25N3O2. The molecule has 1 saturated heterocycles. The van der Waals surface area contributed by atoms with Gasteiger partial charge in [0.25, 0.3) is 0 Å². The Labute approximate surface area is 104 Å². The second kappa shape index (κ2) is 6.21. The standard InChI is InChI=1S/C12H25N3O2/c1-10(2)17-9-8-15-6-4-12(3,5-7-15)11(13)14-16/h10,16H,4-9H2,1-3H3,(H2,13,14). The van der Waals surface area contributed by atoms with Gasteiger partial charge in [-0.1, -0.05) is 12.1 Å². The van der Waals surface area contributed by atoms with Crippen LogP contribution < -0.4 is 5.73 Å². The van der Waals surface area contributed by atoms with Crippen LogP contribution in [0, 0.1) is 5.41 Å². The van der Waals surface area contributed by atoms with Crippen molar-refractivity contribution in [1.82, 2.24) is 4.90 Å². The lowest BCUT2D eigenvalue weighted by Gasteiger charge is -2.38. The van der Waals surface area contributed by atoms with E-state index in [0.717, 1.165) is 39.1 Å². The summed E-state index contributed by atoms with van der Waals surface area (Å²) in [5.74, 6) is 0.357. The van der Waals surface area contributed by atoms with Crippen LogP contribution >= 0.6 is 0 Å². The van der Waals surface area contributed by atoms with Gasteiger partial charge in [0.2, 0.25) is 0 Å². The molecule has 1 aliphatic heterocycles. The Kier molecular flexibility index (Phi) is 5.21. The fourth-order valence-electron chi connectivity index (χ4n) is 2.06. The molecule has 0 atom stereocenters. The first-order chi connectivity index (χ1) is 7.98. The molecule has 3 N–H and O–H groups in total. The highest BCUT2D eigenvalue weighted by molar-refractivity contribution is 5.85. The molecule has 0 aromatic carbocycles. The van der Waals surface area contributed by atoms with E-state index in [1.54, 1.807) is 0 Å². The van der Waals surface area contributed by atoms with Crippen molar-refractivity contribution in [2.24, 2.45) is 16.3 Å². The maximum atomic E-state index is 8.75. The molecule has 1 heterocycles. The van der Waals surface area contributed by atoms with E-state index in [9.17, 15) is 0 Å². The first-order valence-corrected chi connectivity index (χ1v) is 6.30. The topological polar surface area (TPSA) is 71.1 Å². The van der Waals surface area contributed by atoms with Crippen LogP contribution in [0.25, 0.3) is 0 Å². The Morgan fingerprint density at radius 2 is 2.06 bits per heavy atom. The minimum Gasteiger partial charge on any atom is -0.409 e. The van der Waals surface area contributed by atoms with Gasteiger partial charge >= 0.3 is 0 Å². The molecule has 1 fully saturated rings. The van der Waals surface area contributed by atoms with E-state index in [1.165, 1.54) is 0 Å². The molecule has 100 valence electrons. The number of oxime groups is 1. The SMILES string of the molecule is CC(C)OCCN1CCC(C)(C(N)=NO)CC1. The van der Waals surface area contributed by atoms with Gasteiger partial charge in [-0.15, -0.1) is 0 Å². The molecule has 1 aliphatic rings. The fourth-order valence-corrected chi connectivity index (χ4v) is 2.06. The van der Waals surface area contributed by atoms with E-state index in [1.807, 2.05) is 13.8 Å². The van der Waals surface area contributed by atoms with Gasteiger partial charge in [-0.2, -0.15) is 0 Å². The van der Waals surface area contributed by atoms with E-state index in [-0.39, 0.29) is 5.41 Å². The lowest BCUT2D eigenvalue weighted by molar-refractivity contribution is 0.0478. The van der Waals surface area contributed by atoms with Crippen molar-refractivity contribution >= 4 is 5.84 Å². The van der Waals surface area contributed by atoms with Crippen LogP contribution in [0.15, 0.2) is 5.16 Å². The van der Waals surface area contributed by atoms with Gasteiger partial charge in [0.05, 0.1) is 12.7 Å². The van der Waals surface area contributed by atoms with Gasteiger partial charge in [-0.05, 0) is 39.8 Å². The van der Waals surface area contributed by atoms with E-state index < -0.39 is 0 Å². The number of nitrogens with zero attached hydrogens (tertiary/aromatic N) is 2. The highest BCUT2D eigenvalue weighted by Crippen LogP contribution is 2.30. The number of nitrogens with two attached hydrogens (primary N) is 1. The molecule has 0 amide bonds. The minimum absolute atomic E-state index is 0.149.